The molecule has 0 radical (unpaired) electrons. The standard InChI is InChI=1S/C19H15F2N3O2S/c20-11-7-12(21)9-13(8-11)22-17(25)10-27-19-23-16-4-2-1-3-15(16)18(26)24(19)14-5-6-14/h1-4,7-9,14H,5-6,10H2,(H,22,25). The minimum Gasteiger partial charge on any atom is -0.325 e. The molecule has 1 aliphatic rings. The highest BCUT2D eigenvalue weighted by atomic mass is 32.2. The highest BCUT2D eigenvalue weighted by Gasteiger charge is 2.28. The molecule has 8 heteroatoms. The highest BCUT2D eigenvalue weighted by Crippen LogP contribution is 2.36. The van der Waals surface area contributed by atoms with Gasteiger partial charge < -0.3 is 5.32 Å². The lowest BCUT2D eigenvalue weighted by atomic mass is 10.2. The van der Waals surface area contributed by atoms with Crippen LogP contribution in [0.5, 0.6) is 0 Å². The summed E-state index contributed by atoms with van der Waals surface area (Å²) in [6.07, 6.45) is 1.81. The molecule has 0 atom stereocenters. The molecule has 1 N–H and O–H groups in total. The SMILES string of the molecule is O=C(CSc1nc2ccccc2c(=O)n1C1CC1)Nc1cc(F)cc(F)c1. The molecule has 1 fully saturated rings. The number of hydrogen-bond donors (Lipinski definition) is 1. The molecule has 2 aromatic carbocycles. The van der Waals surface area contributed by atoms with E-state index in [1.165, 1.54) is 0 Å². The Bertz CT molecular complexity index is 1080. The monoisotopic (exact) mass is 387 g/mol. The summed E-state index contributed by atoms with van der Waals surface area (Å²) in [5.74, 6) is -2.00. The predicted octanol–water partition coefficient (Wildman–Crippen LogP) is 3.74. The topological polar surface area (TPSA) is 64.0 Å². The van der Waals surface area contributed by atoms with Crippen molar-refractivity contribution in [1.82, 2.24) is 9.55 Å². The second-order valence-electron chi connectivity index (χ2n) is 6.31. The van der Waals surface area contributed by atoms with Crippen molar-refractivity contribution in [3.05, 3.63) is 64.5 Å². The molecule has 1 heterocycles. The van der Waals surface area contributed by atoms with E-state index >= 15 is 0 Å². The maximum absolute atomic E-state index is 13.2. The van der Waals surface area contributed by atoms with Crippen LogP contribution in [0.3, 0.4) is 0 Å². The molecule has 4 rings (SSSR count). The normalized spacial score (nSPS) is 13.7. The molecule has 0 spiro atoms. The fraction of sp³-hybridized carbons (Fsp3) is 0.211. The Kier molecular flexibility index (Phi) is 4.65. The Morgan fingerprint density at radius 3 is 2.59 bits per heavy atom. The number of rotatable bonds is 5. The van der Waals surface area contributed by atoms with E-state index in [1.54, 1.807) is 28.8 Å². The molecular formula is C19H15F2N3O2S. The lowest BCUT2D eigenvalue weighted by molar-refractivity contribution is -0.113. The number of para-hydroxylation sites is 1. The van der Waals surface area contributed by atoms with Gasteiger partial charge in [0.15, 0.2) is 5.16 Å². The van der Waals surface area contributed by atoms with Crippen molar-refractivity contribution >= 4 is 34.3 Å². The van der Waals surface area contributed by atoms with E-state index < -0.39 is 17.5 Å². The van der Waals surface area contributed by atoms with Gasteiger partial charge in [-0.25, -0.2) is 13.8 Å². The number of carbonyl (C=O) groups excluding carboxylic acids is 1. The van der Waals surface area contributed by atoms with Gasteiger partial charge in [-0.3, -0.25) is 14.2 Å². The number of nitrogens with zero attached hydrogens (tertiary/aromatic N) is 2. The average molecular weight is 387 g/mol. The van der Waals surface area contributed by atoms with E-state index in [-0.39, 0.29) is 23.0 Å². The van der Waals surface area contributed by atoms with Gasteiger partial charge in [-0.05, 0) is 37.1 Å². The Labute approximate surface area is 157 Å². The summed E-state index contributed by atoms with van der Waals surface area (Å²) in [5.41, 5.74) is 0.511. The molecule has 1 saturated carbocycles. The van der Waals surface area contributed by atoms with E-state index in [1.807, 2.05) is 0 Å². The molecule has 1 aromatic heterocycles. The van der Waals surface area contributed by atoms with Gasteiger partial charge in [-0.15, -0.1) is 0 Å². The number of fused-ring (bicyclic) bond motifs is 1. The number of benzene rings is 2. The van der Waals surface area contributed by atoms with Crippen LogP contribution in [-0.4, -0.2) is 21.2 Å². The first kappa shape index (κ1) is 17.7. The third kappa shape index (κ3) is 3.85. The zero-order valence-electron chi connectivity index (χ0n) is 14.1. The van der Waals surface area contributed by atoms with E-state index in [0.29, 0.717) is 16.1 Å². The van der Waals surface area contributed by atoms with Crippen LogP contribution >= 0.6 is 11.8 Å². The summed E-state index contributed by atoms with van der Waals surface area (Å²) >= 11 is 1.13. The molecule has 0 unspecified atom stereocenters. The summed E-state index contributed by atoms with van der Waals surface area (Å²) in [7, 11) is 0. The smallest absolute Gasteiger partial charge is 0.262 e. The number of anilines is 1. The number of nitrogens with one attached hydrogen (secondary N) is 1. The zero-order valence-corrected chi connectivity index (χ0v) is 14.9. The van der Waals surface area contributed by atoms with Crippen LogP contribution in [0.4, 0.5) is 14.5 Å². The Hall–Kier alpha value is -2.74. The maximum Gasteiger partial charge on any atom is 0.262 e. The lowest BCUT2D eigenvalue weighted by Gasteiger charge is -2.12. The number of halogens is 2. The minimum atomic E-state index is -0.767. The number of aromatic nitrogens is 2. The third-order valence-electron chi connectivity index (χ3n) is 4.17. The van der Waals surface area contributed by atoms with E-state index in [4.69, 9.17) is 0 Å². The predicted molar refractivity (Wildman–Crippen MR) is 100.0 cm³/mol. The third-order valence-corrected chi connectivity index (χ3v) is 5.12. The van der Waals surface area contributed by atoms with Crippen LogP contribution in [0.25, 0.3) is 10.9 Å². The largest absolute Gasteiger partial charge is 0.325 e. The van der Waals surface area contributed by atoms with Crippen LogP contribution < -0.4 is 10.9 Å². The van der Waals surface area contributed by atoms with Gasteiger partial charge in [-0.2, -0.15) is 0 Å². The highest BCUT2D eigenvalue weighted by molar-refractivity contribution is 7.99. The van der Waals surface area contributed by atoms with Gasteiger partial charge in [-0.1, -0.05) is 23.9 Å². The van der Waals surface area contributed by atoms with Gasteiger partial charge in [0.1, 0.15) is 11.6 Å². The first-order valence-electron chi connectivity index (χ1n) is 8.41. The number of thioether (sulfide) groups is 1. The van der Waals surface area contributed by atoms with Gasteiger partial charge in [0.2, 0.25) is 5.91 Å². The van der Waals surface area contributed by atoms with Gasteiger partial charge in [0.05, 0.1) is 16.7 Å². The molecular weight excluding hydrogens is 372 g/mol. The summed E-state index contributed by atoms with van der Waals surface area (Å²) in [4.78, 5) is 29.5. The molecule has 5 nitrogen and oxygen atoms in total. The van der Waals surface area contributed by atoms with Crippen molar-refractivity contribution in [1.29, 1.82) is 0 Å². The van der Waals surface area contributed by atoms with Crippen LogP contribution in [0.1, 0.15) is 18.9 Å². The Balaban J connectivity index is 1.55. The van der Waals surface area contributed by atoms with Crippen molar-refractivity contribution in [3.63, 3.8) is 0 Å². The lowest BCUT2D eigenvalue weighted by Crippen LogP contribution is -2.23. The van der Waals surface area contributed by atoms with Crippen molar-refractivity contribution in [2.45, 2.75) is 24.0 Å². The average Bonchev–Trinajstić information content (AvgIpc) is 3.44. The number of carbonyl (C=O) groups is 1. The van der Waals surface area contributed by atoms with E-state index in [0.717, 1.165) is 42.8 Å². The summed E-state index contributed by atoms with van der Waals surface area (Å²) in [6, 6.07) is 10.0. The van der Waals surface area contributed by atoms with Crippen LogP contribution in [0.15, 0.2) is 52.4 Å². The number of hydrogen-bond acceptors (Lipinski definition) is 4. The molecule has 3 aromatic rings. The summed E-state index contributed by atoms with van der Waals surface area (Å²) in [6.45, 7) is 0. The molecule has 0 saturated heterocycles. The van der Waals surface area contributed by atoms with Gasteiger partial charge in [0.25, 0.3) is 5.56 Å². The van der Waals surface area contributed by atoms with Gasteiger partial charge >= 0.3 is 0 Å². The second kappa shape index (κ2) is 7.11. The van der Waals surface area contributed by atoms with E-state index in [2.05, 4.69) is 10.3 Å². The first-order chi connectivity index (χ1) is 13.0. The van der Waals surface area contributed by atoms with Crippen molar-refractivity contribution in [2.75, 3.05) is 11.1 Å². The van der Waals surface area contributed by atoms with Crippen molar-refractivity contribution in [2.24, 2.45) is 0 Å². The van der Waals surface area contributed by atoms with Crippen molar-refractivity contribution < 1.29 is 13.6 Å². The number of amides is 1. The fourth-order valence-electron chi connectivity index (χ4n) is 2.84. The maximum atomic E-state index is 13.2. The second-order valence-corrected chi connectivity index (χ2v) is 7.26. The zero-order chi connectivity index (χ0) is 19.0. The first-order valence-corrected chi connectivity index (χ1v) is 9.40. The fourth-order valence-corrected chi connectivity index (χ4v) is 3.70. The quantitative estimate of drug-likeness (QED) is 0.535. The summed E-state index contributed by atoms with van der Waals surface area (Å²) in [5, 5.41) is 3.48. The van der Waals surface area contributed by atoms with Crippen LogP contribution in [0, 0.1) is 11.6 Å². The van der Waals surface area contributed by atoms with E-state index in [9.17, 15) is 18.4 Å². The molecule has 27 heavy (non-hydrogen) atoms. The molecule has 1 aliphatic carbocycles. The van der Waals surface area contributed by atoms with Crippen LogP contribution in [-0.2, 0) is 4.79 Å². The Morgan fingerprint density at radius 2 is 1.89 bits per heavy atom. The molecule has 0 aliphatic heterocycles. The summed E-state index contributed by atoms with van der Waals surface area (Å²) < 4.78 is 28.1. The Morgan fingerprint density at radius 1 is 1.19 bits per heavy atom. The molecule has 1 amide bonds. The minimum absolute atomic E-state index is 0.0321. The molecule has 0 bridgehead atoms. The van der Waals surface area contributed by atoms with Crippen molar-refractivity contribution in [3.8, 4) is 0 Å². The van der Waals surface area contributed by atoms with Gasteiger partial charge in [0, 0.05) is 17.8 Å². The van der Waals surface area contributed by atoms with Crippen LogP contribution in [0.2, 0.25) is 0 Å². The molecule has 138 valence electrons.